The van der Waals surface area contributed by atoms with Gasteiger partial charge in [-0.15, -0.1) is 0 Å². The molecule has 0 aromatic carbocycles. The fourth-order valence-corrected chi connectivity index (χ4v) is 2.27. The Bertz CT molecular complexity index is 186. The molecule has 1 atom stereocenters. The van der Waals surface area contributed by atoms with E-state index in [2.05, 4.69) is 26.0 Å². The van der Waals surface area contributed by atoms with Crippen LogP contribution in [-0.2, 0) is 0 Å². The smallest absolute Gasteiger partial charge is 0.0574 e. The zero-order chi connectivity index (χ0) is 14.2. The van der Waals surface area contributed by atoms with Gasteiger partial charge in [-0.2, -0.15) is 0 Å². The molecule has 0 aromatic heterocycles. The fourth-order valence-electron chi connectivity index (χ4n) is 2.27. The predicted molar refractivity (Wildman–Crippen MR) is 86.2 cm³/mol. The van der Waals surface area contributed by atoms with Crippen LogP contribution in [0.5, 0.6) is 0 Å². The first-order chi connectivity index (χ1) is 9.31. The molecule has 0 spiro atoms. The van der Waals surface area contributed by atoms with Gasteiger partial charge in [0, 0.05) is 0 Å². The van der Waals surface area contributed by atoms with E-state index in [1.54, 1.807) is 0 Å². The summed E-state index contributed by atoms with van der Waals surface area (Å²) in [5.74, 6) is 0. The molecule has 0 aromatic rings. The van der Waals surface area contributed by atoms with E-state index in [4.69, 9.17) is 0 Å². The highest BCUT2D eigenvalue weighted by Gasteiger charge is 2.00. The van der Waals surface area contributed by atoms with E-state index in [-0.39, 0.29) is 6.10 Å². The van der Waals surface area contributed by atoms with Crippen LogP contribution < -0.4 is 0 Å². The molecular formula is C18H35O. The van der Waals surface area contributed by atoms with Crippen LogP contribution in [0.25, 0.3) is 0 Å². The summed E-state index contributed by atoms with van der Waals surface area (Å²) in [6.45, 7) is 6.08. The molecule has 0 amide bonds. The Morgan fingerprint density at radius 1 is 0.895 bits per heavy atom. The molecule has 0 aliphatic heterocycles. The Labute approximate surface area is 121 Å². The van der Waals surface area contributed by atoms with Crippen LogP contribution in [0.2, 0.25) is 0 Å². The van der Waals surface area contributed by atoms with Crippen LogP contribution in [0.3, 0.4) is 0 Å². The highest BCUT2D eigenvalue weighted by Crippen LogP contribution is 2.10. The summed E-state index contributed by atoms with van der Waals surface area (Å²) in [5, 5.41) is 9.79. The third-order valence-electron chi connectivity index (χ3n) is 3.59. The Balaban J connectivity index is 3.22. The van der Waals surface area contributed by atoms with Gasteiger partial charge < -0.3 is 5.11 Å². The summed E-state index contributed by atoms with van der Waals surface area (Å²) in [4.78, 5) is 0. The Hall–Kier alpha value is -0.300. The number of rotatable bonds is 14. The molecule has 1 heteroatoms. The van der Waals surface area contributed by atoms with Crippen LogP contribution in [0.4, 0.5) is 0 Å². The van der Waals surface area contributed by atoms with Gasteiger partial charge in [-0.3, -0.25) is 0 Å². The number of hydrogen-bond donors (Lipinski definition) is 1. The Morgan fingerprint density at radius 3 is 2.32 bits per heavy atom. The van der Waals surface area contributed by atoms with Gasteiger partial charge in [0.15, 0.2) is 0 Å². The van der Waals surface area contributed by atoms with E-state index >= 15 is 0 Å². The first-order valence-corrected chi connectivity index (χ1v) is 8.43. The Morgan fingerprint density at radius 2 is 1.58 bits per heavy atom. The maximum atomic E-state index is 9.79. The van der Waals surface area contributed by atoms with Gasteiger partial charge in [-0.25, -0.2) is 0 Å². The lowest BCUT2D eigenvalue weighted by atomic mass is 10.1. The van der Waals surface area contributed by atoms with Crippen molar-refractivity contribution in [2.75, 3.05) is 0 Å². The van der Waals surface area contributed by atoms with Gasteiger partial charge in [-0.1, -0.05) is 83.8 Å². The first kappa shape index (κ1) is 18.7. The standard InChI is InChI=1S/C18H35O/c1-3-5-7-9-10-11-12-13-15-17-18(19)16-14-8-6-4-2/h13,15,18-19H,1,3-12,14,16-17H2,2H3. The molecule has 1 radical (unpaired) electrons. The molecule has 0 rings (SSSR count). The van der Waals surface area contributed by atoms with Gasteiger partial charge in [0.05, 0.1) is 6.10 Å². The van der Waals surface area contributed by atoms with E-state index in [1.807, 2.05) is 0 Å². The minimum absolute atomic E-state index is 0.120. The maximum Gasteiger partial charge on any atom is 0.0574 e. The van der Waals surface area contributed by atoms with Crippen molar-refractivity contribution in [3.8, 4) is 0 Å². The summed E-state index contributed by atoms with van der Waals surface area (Å²) in [5.41, 5.74) is 0. The second-order valence-electron chi connectivity index (χ2n) is 5.62. The van der Waals surface area contributed by atoms with Gasteiger partial charge in [0.1, 0.15) is 0 Å². The van der Waals surface area contributed by atoms with E-state index in [1.165, 1.54) is 64.2 Å². The molecule has 0 heterocycles. The minimum atomic E-state index is -0.120. The van der Waals surface area contributed by atoms with Crippen LogP contribution in [0.15, 0.2) is 12.2 Å². The van der Waals surface area contributed by atoms with Crippen LogP contribution in [0.1, 0.15) is 90.4 Å². The number of hydrogen-bond acceptors (Lipinski definition) is 1. The maximum absolute atomic E-state index is 9.79. The molecule has 1 unspecified atom stereocenters. The van der Waals surface area contributed by atoms with Crippen LogP contribution in [-0.4, -0.2) is 11.2 Å². The van der Waals surface area contributed by atoms with Crippen molar-refractivity contribution < 1.29 is 5.11 Å². The average molecular weight is 267 g/mol. The molecule has 0 bridgehead atoms. The number of allylic oxidation sites excluding steroid dienone is 1. The van der Waals surface area contributed by atoms with Crippen molar-refractivity contribution in [3.63, 3.8) is 0 Å². The zero-order valence-corrected chi connectivity index (χ0v) is 13.1. The largest absolute Gasteiger partial charge is 0.393 e. The lowest BCUT2D eigenvalue weighted by molar-refractivity contribution is 0.163. The Kier molecular flexibility index (Phi) is 15.5. The number of aliphatic hydroxyl groups excluding tert-OH is 1. The second-order valence-corrected chi connectivity index (χ2v) is 5.62. The van der Waals surface area contributed by atoms with Gasteiger partial charge >= 0.3 is 0 Å². The average Bonchev–Trinajstić information content (AvgIpc) is 2.42. The predicted octanol–water partition coefficient (Wildman–Crippen LogP) is 5.83. The molecule has 1 N–H and O–H groups in total. The van der Waals surface area contributed by atoms with Crippen molar-refractivity contribution in [2.45, 2.75) is 96.5 Å². The third-order valence-corrected chi connectivity index (χ3v) is 3.59. The van der Waals surface area contributed by atoms with Crippen molar-refractivity contribution in [3.05, 3.63) is 19.1 Å². The highest BCUT2D eigenvalue weighted by molar-refractivity contribution is 4.83. The molecule has 0 fully saturated rings. The summed E-state index contributed by atoms with van der Waals surface area (Å²) in [6, 6.07) is 0. The molecule has 1 nitrogen and oxygen atoms in total. The summed E-state index contributed by atoms with van der Waals surface area (Å²) in [6.07, 6.45) is 20.0. The molecule has 0 saturated carbocycles. The van der Waals surface area contributed by atoms with Crippen LogP contribution in [0, 0.1) is 6.92 Å². The van der Waals surface area contributed by atoms with E-state index < -0.39 is 0 Å². The SMILES string of the molecule is [CH2]CCCCCCCC=CCC(O)CCCCCC. The summed E-state index contributed by atoms with van der Waals surface area (Å²) < 4.78 is 0. The van der Waals surface area contributed by atoms with Crippen molar-refractivity contribution >= 4 is 0 Å². The van der Waals surface area contributed by atoms with E-state index in [9.17, 15) is 5.11 Å². The summed E-state index contributed by atoms with van der Waals surface area (Å²) >= 11 is 0. The van der Waals surface area contributed by atoms with Crippen LogP contribution >= 0.6 is 0 Å². The third kappa shape index (κ3) is 15.6. The van der Waals surface area contributed by atoms with Crippen molar-refractivity contribution in [2.24, 2.45) is 0 Å². The lowest BCUT2D eigenvalue weighted by Gasteiger charge is -2.07. The van der Waals surface area contributed by atoms with E-state index in [0.717, 1.165) is 19.3 Å². The highest BCUT2D eigenvalue weighted by atomic mass is 16.3. The quantitative estimate of drug-likeness (QED) is 0.310. The number of aliphatic hydroxyl groups is 1. The molecule has 0 aliphatic rings. The van der Waals surface area contributed by atoms with Crippen molar-refractivity contribution in [1.29, 1.82) is 0 Å². The van der Waals surface area contributed by atoms with E-state index in [0.29, 0.717) is 0 Å². The molecule has 19 heavy (non-hydrogen) atoms. The first-order valence-electron chi connectivity index (χ1n) is 8.43. The minimum Gasteiger partial charge on any atom is -0.393 e. The zero-order valence-electron chi connectivity index (χ0n) is 13.1. The van der Waals surface area contributed by atoms with Gasteiger partial charge in [0.25, 0.3) is 0 Å². The lowest BCUT2D eigenvalue weighted by Crippen LogP contribution is -2.04. The topological polar surface area (TPSA) is 20.2 Å². The number of unbranched alkanes of at least 4 members (excludes halogenated alkanes) is 9. The molecule has 113 valence electrons. The monoisotopic (exact) mass is 267 g/mol. The fraction of sp³-hybridized carbons (Fsp3) is 0.833. The molecule has 0 aliphatic carbocycles. The molecular weight excluding hydrogens is 232 g/mol. The second kappa shape index (κ2) is 15.8. The van der Waals surface area contributed by atoms with Gasteiger partial charge in [0.2, 0.25) is 0 Å². The van der Waals surface area contributed by atoms with Crippen molar-refractivity contribution in [1.82, 2.24) is 0 Å². The molecule has 0 saturated heterocycles. The normalized spacial score (nSPS) is 13.2. The van der Waals surface area contributed by atoms with Gasteiger partial charge in [-0.05, 0) is 25.7 Å². The summed E-state index contributed by atoms with van der Waals surface area (Å²) in [7, 11) is 0.